The van der Waals surface area contributed by atoms with Gasteiger partial charge in [0.15, 0.2) is 0 Å². The van der Waals surface area contributed by atoms with E-state index in [1.807, 2.05) is 6.92 Å². The van der Waals surface area contributed by atoms with Crippen molar-refractivity contribution in [2.24, 2.45) is 0 Å². The molecule has 1 rings (SSSR count). The lowest BCUT2D eigenvalue weighted by Crippen LogP contribution is -2.37. The Bertz CT molecular complexity index is 571. The molecule has 1 aromatic rings. The van der Waals surface area contributed by atoms with Crippen LogP contribution in [0, 0.1) is 17.0 Å². The molecular formula is C11H17N3O4S. The third-order valence-electron chi connectivity index (χ3n) is 2.75. The van der Waals surface area contributed by atoms with Gasteiger partial charge in [0.25, 0.3) is 5.69 Å². The highest BCUT2D eigenvalue weighted by Crippen LogP contribution is 2.21. The van der Waals surface area contributed by atoms with Crippen LogP contribution in [0.4, 0.5) is 5.69 Å². The van der Waals surface area contributed by atoms with Crippen molar-refractivity contribution in [3.05, 3.63) is 33.9 Å². The third-order valence-corrected chi connectivity index (χ3v) is 4.17. The monoisotopic (exact) mass is 287 g/mol. The Morgan fingerprint density at radius 3 is 2.53 bits per heavy atom. The van der Waals surface area contributed by atoms with Crippen molar-refractivity contribution < 1.29 is 13.3 Å². The molecule has 8 heteroatoms. The molecule has 19 heavy (non-hydrogen) atoms. The van der Waals surface area contributed by atoms with E-state index in [1.165, 1.54) is 25.1 Å². The molecule has 0 saturated carbocycles. The number of nitro groups is 1. The Morgan fingerprint density at radius 2 is 2.05 bits per heavy atom. The highest BCUT2D eigenvalue weighted by Gasteiger charge is 2.18. The van der Waals surface area contributed by atoms with Gasteiger partial charge in [-0.3, -0.25) is 10.1 Å². The number of benzene rings is 1. The molecule has 7 nitrogen and oxygen atoms in total. The average molecular weight is 287 g/mol. The van der Waals surface area contributed by atoms with Crippen molar-refractivity contribution in [1.29, 1.82) is 0 Å². The van der Waals surface area contributed by atoms with E-state index in [1.54, 1.807) is 7.05 Å². The standard InChI is InChI=1S/C11H17N3O4S/c1-8-6-10(4-5-11(8)14(15)16)19(17,18)13-7-9(2)12-3/h4-6,9,12-13H,7H2,1-3H3. The first-order valence-corrected chi connectivity index (χ1v) is 7.18. The topological polar surface area (TPSA) is 101 Å². The minimum atomic E-state index is -3.64. The number of likely N-dealkylation sites (N-methyl/N-ethyl adjacent to an activating group) is 1. The smallest absolute Gasteiger partial charge is 0.272 e. The van der Waals surface area contributed by atoms with Gasteiger partial charge in [-0.1, -0.05) is 0 Å². The fraction of sp³-hybridized carbons (Fsp3) is 0.455. The molecule has 0 aromatic heterocycles. The van der Waals surface area contributed by atoms with Crippen LogP contribution in [0.3, 0.4) is 0 Å². The zero-order valence-electron chi connectivity index (χ0n) is 11.0. The third kappa shape index (κ3) is 3.98. The summed E-state index contributed by atoms with van der Waals surface area (Å²) in [5.74, 6) is 0. The van der Waals surface area contributed by atoms with Crippen LogP contribution in [-0.2, 0) is 10.0 Å². The molecule has 0 heterocycles. The lowest BCUT2D eigenvalue weighted by atomic mass is 10.2. The maximum absolute atomic E-state index is 12.0. The lowest BCUT2D eigenvalue weighted by Gasteiger charge is -2.12. The van der Waals surface area contributed by atoms with Crippen molar-refractivity contribution in [3.63, 3.8) is 0 Å². The van der Waals surface area contributed by atoms with Gasteiger partial charge in [0.2, 0.25) is 10.0 Å². The van der Waals surface area contributed by atoms with E-state index >= 15 is 0 Å². The van der Waals surface area contributed by atoms with E-state index in [2.05, 4.69) is 10.0 Å². The van der Waals surface area contributed by atoms with Gasteiger partial charge in [-0.15, -0.1) is 0 Å². The Morgan fingerprint density at radius 1 is 1.42 bits per heavy atom. The van der Waals surface area contributed by atoms with Crippen LogP contribution in [0.15, 0.2) is 23.1 Å². The minimum absolute atomic E-state index is 0.00563. The molecule has 106 valence electrons. The number of sulfonamides is 1. The van der Waals surface area contributed by atoms with Gasteiger partial charge in [-0.2, -0.15) is 0 Å². The first-order valence-electron chi connectivity index (χ1n) is 5.70. The molecule has 0 aliphatic rings. The van der Waals surface area contributed by atoms with Crippen LogP contribution in [0.25, 0.3) is 0 Å². The normalized spacial score (nSPS) is 13.2. The van der Waals surface area contributed by atoms with Gasteiger partial charge in [0, 0.05) is 24.2 Å². The summed E-state index contributed by atoms with van der Waals surface area (Å²) in [5, 5.41) is 13.6. The molecule has 0 amide bonds. The van der Waals surface area contributed by atoms with Crippen LogP contribution in [0.2, 0.25) is 0 Å². The van der Waals surface area contributed by atoms with Gasteiger partial charge in [0.1, 0.15) is 0 Å². The molecule has 0 aliphatic heterocycles. The number of aryl methyl sites for hydroxylation is 1. The van der Waals surface area contributed by atoms with Gasteiger partial charge >= 0.3 is 0 Å². The molecule has 0 spiro atoms. The summed E-state index contributed by atoms with van der Waals surface area (Å²) in [6.07, 6.45) is 0. The second kappa shape index (κ2) is 6.09. The Kier molecular flexibility index (Phi) is 4.98. The summed E-state index contributed by atoms with van der Waals surface area (Å²) in [6.45, 7) is 3.59. The summed E-state index contributed by atoms with van der Waals surface area (Å²) >= 11 is 0. The van der Waals surface area contributed by atoms with Crippen LogP contribution in [0.5, 0.6) is 0 Å². The van der Waals surface area contributed by atoms with Crippen molar-refractivity contribution in [1.82, 2.24) is 10.0 Å². The predicted octanol–water partition coefficient (Wildman–Crippen LogP) is 0.789. The lowest BCUT2D eigenvalue weighted by molar-refractivity contribution is -0.385. The Labute approximate surface area is 112 Å². The highest BCUT2D eigenvalue weighted by atomic mass is 32.2. The van der Waals surface area contributed by atoms with Crippen molar-refractivity contribution in [2.45, 2.75) is 24.8 Å². The highest BCUT2D eigenvalue weighted by molar-refractivity contribution is 7.89. The fourth-order valence-electron chi connectivity index (χ4n) is 1.42. The molecular weight excluding hydrogens is 270 g/mol. The van der Waals surface area contributed by atoms with E-state index < -0.39 is 14.9 Å². The van der Waals surface area contributed by atoms with Gasteiger partial charge in [-0.05, 0) is 33.0 Å². The minimum Gasteiger partial charge on any atom is -0.316 e. The summed E-state index contributed by atoms with van der Waals surface area (Å²) in [7, 11) is -1.91. The first kappa shape index (κ1) is 15.5. The van der Waals surface area contributed by atoms with Gasteiger partial charge in [0.05, 0.1) is 9.82 Å². The van der Waals surface area contributed by atoms with Crippen LogP contribution in [-0.4, -0.2) is 33.0 Å². The Balaban J connectivity index is 2.96. The summed E-state index contributed by atoms with van der Waals surface area (Å²) in [6, 6.07) is 3.72. The van der Waals surface area contributed by atoms with Crippen molar-refractivity contribution in [3.8, 4) is 0 Å². The molecule has 2 N–H and O–H groups in total. The Hall–Kier alpha value is -1.51. The summed E-state index contributed by atoms with van der Waals surface area (Å²) in [5.41, 5.74) is 0.220. The van der Waals surface area contributed by atoms with E-state index in [4.69, 9.17) is 0 Å². The fourth-order valence-corrected chi connectivity index (χ4v) is 2.64. The molecule has 1 unspecified atom stereocenters. The maximum Gasteiger partial charge on any atom is 0.272 e. The zero-order chi connectivity index (χ0) is 14.6. The van der Waals surface area contributed by atoms with Crippen LogP contribution < -0.4 is 10.0 Å². The van der Waals surface area contributed by atoms with E-state index in [0.717, 1.165) is 0 Å². The molecule has 0 radical (unpaired) electrons. The number of hydrogen-bond acceptors (Lipinski definition) is 5. The van der Waals surface area contributed by atoms with E-state index in [9.17, 15) is 18.5 Å². The van der Waals surface area contributed by atoms with Crippen molar-refractivity contribution in [2.75, 3.05) is 13.6 Å². The number of rotatable bonds is 6. The van der Waals surface area contributed by atoms with Gasteiger partial charge < -0.3 is 5.32 Å². The second-order valence-corrected chi connectivity index (χ2v) is 6.01. The molecule has 0 bridgehead atoms. The predicted molar refractivity (Wildman–Crippen MR) is 71.5 cm³/mol. The van der Waals surface area contributed by atoms with Gasteiger partial charge in [-0.25, -0.2) is 13.1 Å². The summed E-state index contributed by atoms with van der Waals surface area (Å²) < 4.78 is 26.4. The number of nitrogens with zero attached hydrogens (tertiary/aromatic N) is 1. The molecule has 1 atom stereocenters. The largest absolute Gasteiger partial charge is 0.316 e. The average Bonchev–Trinajstić information content (AvgIpc) is 2.35. The molecule has 0 fully saturated rings. The molecule has 1 aromatic carbocycles. The van der Waals surface area contributed by atoms with Crippen molar-refractivity contribution >= 4 is 15.7 Å². The number of hydrogen-bond donors (Lipinski definition) is 2. The SMILES string of the molecule is CNC(C)CNS(=O)(=O)c1ccc([N+](=O)[O-])c(C)c1. The van der Waals surface area contributed by atoms with Crippen LogP contribution >= 0.6 is 0 Å². The number of nitrogens with one attached hydrogen (secondary N) is 2. The quantitative estimate of drug-likeness (QED) is 0.595. The first-order chi connectivity index (χ1) is 8.77. The zero-order valence-corrected chi connectivity index (χ0v) is 11.8. The maximum atomic E-state index is 12.0. The van der Waals surface area contributed by atoms with Crippen LogP contribution in [0.1, 0.15) is 12.5 Å². The summed E-state index contributed by atoms with van der Waals surface area (Å²) in [4.78, 5) is 10.2. The molecule has 0 aliphatic carbocycles. The van der Waals surface area contributed by atoms with E-state index in [0.29, 0.717) is 5.56 Å². The molecule has 0 saturated heterocycles. The van der Waals surface area contributed by atoms with E-state index in [-0.39, 0.29) is 23.2 Å². The number of nitro benzene ring substituents is 1. The second-order valence-electron chi connectivity index (χ2n) is 4.25.